The van der Waals surface area contributed by atoms with E-state index in [-0.39, 0.29) is 13.2 Å². The van der Waals surface area contributed by atoms with Crippen molar-refractivity contribution in [3.05, 3.63) is 0 Å². The molecule has 0 saturated heterocycles. The van der Waals surface area contributed by atoms with Crippen LogP contribution in [-0.4, -0.2) is 34.5 Å². The molecule has 14 heavy (non-hydrogen) atoms. The summed E-state index contributed by atoms with van der Waals surface area (Å²) >= 11 is 0. The van der Waals surface area contributed by atoms with Crippen molar-refractivity contribution in [3.8, 4) is 0 Å². The van der Waals surface area contributed by atoms with Crippen molar-refractivity contribution >= 4 is 5.97 Å². The largest absolute Gasteiger partial charge is 0.481 e. The fraction of sp³-hybridized carbons (Fsp3) is 0.900. The third-order valence-corrected chi connectivity index (χ3v) is 1.59. The van der Waals surface area contributed by atoms with E-state index in [0.717, 1.165) is 12.8 Å². The zero-order valence-electron chi connectivity index (χ0n) is 8.91. The molecule has 0 aliphatic carbocycles. The van der Waals surface area contributed by atoms with E-state index >= 15 is 0 Å². The summed E-state index contributed by atoms with van der Waals surface area (Å²) in [6.45, 7) is 1.90. The van der Waals surface area contributed by atoms with Gasteiger partial charge < -0.3 is 15.3 Å². The van der Waals surface area contributed by atoms with Gasteiger partial charge in [0.2, 0.25) is 0 Å². The minimum atomic E-state index is -0.670. The van der Waals surface area contributed by atoms with Crippen LogP contribution in [-0.2, 0) is 4.79 Å². The second kappa shape index (κ2) is 14.9. The van der Waals surface area contributed by atoms with Gasteiger partial charge in [-0.2, -0.15) is 0 Å². The van der Waals surface area contributed by atoms with Crippen LogP contribution < -0.4 is 0 Å². The van der Waals surface area contributed by atoms with Gasteiger partial charge in [0.25, 0.3) is 0 Å². The van der Waals surface area contributed by atoms with Crippen LogP contribution in [0.5, 0.6) is 0 Å². The predicted molar refractivity (Wildman–Crippen MR) is 55.2 cm³/mol. The molecule has 4 heteroatoms. The van der Waals surface area contributed by atoms with E-state index in [4.69, 9.17) is 15.3 Å². The first kappa shape index (κ1) is 15.8. The van der Waals surface area contributed by atoms with Crippen molar-refractivity contribution in [1.82, 2.24) is 0 Å². The summed E-state index contributed by atoms with van der Waals surface area (Å²) in [5.41, 5.74) is 0. The topological polar surface area (TPSA) is 77.8 Å². The van der Waals surface area contributed by atoms with Crippen LogP contribution in [0, 0.1) is 0 Å². The number of aliphatic hydroxyl groups excluding tert-OH is 2. The van der Waals surface area contributed by atoms with Gasteiger partial charge in [-0.25, -0.2) is 0 Å². The third-order valence-electron chi connectivity index (χ3n) is 1.59. The standard InChI is InChI=1S/C8H16O2.C2H6O2/c1-2-3-4-5-6-7-8(9)10;3-1-2-4/h2-7H2,1H3,(H,9,10);3-4H,1-2H2. The monoisotopic (exact) mass is 206 g/mol. The second-order valence-electron chi connectivity index (χ2n) is 3.01. The SMILES string of the molecule is CCCCCCCC(=O)O.OCCO. The Kier molecular flexibility index (Phi) is 16.9. The number of carbonyl (C=O) groups is 1. The Hall–Kier alpha value is -0.610. The van der Waals surface area contributed by atoms with Crippen molar-refractivity contribution in [1.29, 1.82) is 0 Å². The Labute approximate surface area is 85.6 Å². The van der Waals surface area contributed by atoms with Gasteiger partial charge in [-0.1, -0.05) is 32.6 Å². The molecule has 0 saturated carbocycles. The van der Waals surface area contributed by atoms with E-state index < -0.39 is 5.97 Å². The van der Waals surface area contributed by atoms with E-state index in [1.807, 2.05) is 0 Å². The van der Waals surface area contributed by atoms with Crippen molar-refractivity contribution in [3.63, 3.8) is 0 Å². The van der Waals surface area contributed by atoms with Crippen LogP contribution >= 0.6 is 0 Å². The lowest BCUT2D eigenvalue weighted by molar-refractivity contribution is -0.137. The molecule has 0 aromatic heterocycles. The highest BCUT2D eigenvalue weighted by Crippen LogP contribution is 2.04. The molecule has 4 nitrogen and oxygen atoms in total. The van der Waals surface area contributed by atoms with Gasteiger partial charge in [0.05, 0.1) is 13.2 Å². The first-order valence-electron chi connectivity index (χ1n) is 5.12. The van der Waals surface area contributed by atoms with E-state index in [2.05, 4.69) is 6.92 Å². The van der Waals surface area contributed by atoms with Gasteiger partial charge in [-0.3, -0.25) is 4.79 Å². The molecule has 0 aromatic rings. The van der Waals surface area contributed by atoms with E-state index in [1.54, 1.807) is 0 Å². The fourth-order valence-electron chi connectivity index (χ4n) is 0.880. The van der Waals surface area contributed by atoms with E-state index in [0.29, 0.717) is 6.42 Å². The minimum Gasteiger partial charge on any atom is -0.481 e. The number of carboxylic acids is 1. The van der Waals surface area contributed by atoms with E-state index in [1.165, 1.54) is 19.3 Å². The molecule has 0 unspecified atom stereocenters. The number of hydrogen-bond donors (Lipinski definition) is 3. The maximum atomic E-state index is 10.0. The molecule has 0 bridgehead atoms. The number of carboxylic acid groups (broad SMARTS) is 1. The molecule has 0 aliphatic heterocycles. The molecule has 0 spiro atoms. The Balaban J connectivity index is 0. The lowest BCUT2D eigenvalue weighted by Gasteiger charge is -1.95. The summed E-state index contributed by atoms with van der Waals surface area (Å²) in [6, 6.07) is 0. The molecule has 3 N–H and O–H groups in total. The predicted octanol–water partition coefficient (Wildman–Crippen LogP) is 1.40. The zero-order chi connectivity index (χ0) is 11.2. The molecule has 0 aliphatic rings. The van der Waals surface area contributed by atoms with Crippen LogP contribution in [0.25, 0.3) is 0 Å². The first-order valence-corrected chi connectivity index (χ1v) is 5.12. The molecule has 0 heterocycles. The fourth-order valence-corrected chi connectivity index (χ4v) is 0.880. The molecule has 0 aromatic carbocycles. The average Bonchev–Trinajstić information content (AvgIpc) is 2.18. The van der Waals surface area contributed by atoms with Gasteiger partial charge in [0, 0.05) is 6.42 Å². The molecule has 0 rings (SSSR count). The maximum absolute atomic E-state index is 10.0. The van der Waals surface area contributed by atoms with E-state index in [9.17, 15) is 4.79 Å². The first-order chi connectivity index (χ1) is 6.68. The van der Waals surface area contributed by atoms with Crippen molar-refractivity contribution in [2.45, 2.75) is 45.4 Å². The van der Waals surface area contributed by atoms with Gasteiger partial charge in [-0.05, 0) is 6.42 Å². The lowest BCUT2D eigenvalue weighted by Crippen LogP contribution is -1.93. The summed E-state index contributed by atoms with van der Waals surface area (Å²) < 4.78 is 0. The highest BCUT2D eigenvalue weighted by Gasteiger charge is 1.94. The van der Waals surface area contributed by atoms with Crippen molar-refractivity contribution in [2.24, 2.45) is 0 Å². The smallest absolute Gasteiger partial charge is 0.303 e. The summed E-state index contributed by atoms with van der Waals surface area (Å²) in [4.78, 5) is 10.0. The minimum absolute atomic E-state index is 0.125. The lowest BCUT2D eigenvalue weighted by atomic mass is 10.1. The second-order valence-corrected chi connectivity index (χ2v) is 3.01. The summed E-state index contributed by atoms with van der Waals surface area (Å²) in [5.74, 6) is -0.670. The molecule has 86 valence electrons. The summed E-state index contributed by atoms with van der Waals surface area (Å²) in [6.07, 6.45) is 5.88. The third kappa shape index (κ3) is 22.5. The quantitative estimate of drug-likeness (QED) is 0.550. The maximum Gasteiger partial charge on any atom is 0.303 e. The number of aliphatic carboxylic acids is 1. The molecule has 0 fully saturated rings. The molecule has 0 atom stereocenters. The molecule has 0 radical (unpaired) electrons. The highest BCUT2D eigenvalue weighted by atomic mass is 16.4. The zero-order valence-corrected chi connectivity index (χ0v) is 8.91. The van der Waals surface area contributed by atoms with Crippen LogP contribution in [0.2, 0.25) is 0 Å². The van der Waals surface area contributed by atoms with Gasteiger partial charge in [0.1, 0.15) is 0 Å². The van der Waals surface area contributed by atoms with Crippen molar-refractivity contribution in [2.75, 3.05) is 13.2 Å². The Morgan fingerprint density at radius 2 is 1.50 bits per heavy atom. The molecule has 0 amide bonds. The summed E-state index contributed by atoms with van der Waals surface area (Å²) in [7, 11) is 0. The van der Waals surface area contributed by atoms with Gasteiger partial charge in [-0.15, -0.1) is 0 Å². The number of rotatable bonds is 7. The number of aliphatic hydroxyl groups is 2. The Morgan fingerprint density at radius 1 is 1.00 bits per heavy atom. The molecular weight excluding hydrogens is 184 g/mol. The number of hydrogen-bond acceptors (Lipinski definition) is 3. The normalized spacial score (nSPS) is 9.07. The Bertz CT molecular complexity index is 113. The Morgan fingerprint density at radius 3 is 1.86 bits per heavy atom. The van der Waals surface area contributed by atoms with Crippen LogP contribution in [0.3, 0.4) is 0 Å². The summed E-state index contributed by atoms with van der Waals surface area (Å²) in [5, 5.41) is 23.5. The van der Waals surface area contributed by atoms with Crippen LogP contribution in [0.15, 0.2) is 0 Å². The highest BCUT2D eigenvalue weighted by molar-refractivity contribution is 5.66. The number of unbranched alkanes of at least 4 members (excludes halogenated alkanes) is 4. The van der Waals surface area contributed by atoms with Gasteiger partial charge >= 0.3 is 5.97 Å². The average molecular weight is 206 g/mol. The van der Waals surface area contributed by atoms with Crippen molar-refractivity contribution < 1.29 is 20.1 Å². The molecular formula is C10H22O4. The van der Waals surface area contributed by atoms with Gasteiger partial charge in [0.15, 0.2) is 0 Å². The van der Waals surface area contributed by atoms with Crippen LogP contribution in [0.4, 0.5) is 0 Å². The van der Waals surface area contributed by atoms with Crippen LogP contribution in [0.1, 0.15) is 45.4 Å².